The summed E-state index contributed by atoms with van der Waals surface area (Å²) in [5.74, 6) is -0.441. The lowest BCUT2D eigenvalue weighted by Crippen LogP contribution is -2.45. The van der Waals surface area contributed by atoms with E-state index >= 15 is 0 Å². The molecule has 0 aliphatic heterocycles. The predicted octanol–water partition coefficient (Wildman–Crippen LogP) is 2.53. The van der Waals surface area contributed by atoms with Gasteiger partial charge in [-0.25, -0.2) is 0 Å². The minimum absolute atomic E-state index is 0.109. The van der Waals surface area contributed by atoms with Gasteiger partial charge in [-0.05, 0) is 49.8 Å². The van der Waals surface area contributed by atoms with Crippen LogP contribution in [0, 0.1) is 5.92 Å². The maximum Gasteiger partial charge on any atom is 0.253 e. The molecule has 3 amide bonds. The summed E-state index contributed by atoms with van der Waals surface area (Å²) in [6.45, 7) is 1.86. The number of benzene rings is 1. The topological polar surface area (TPSA) is 87.3 Å². The van der Waals surface area contributed by atoms with Crippen molar-refractivity contribution in [1.29, 1.82) is 0 Å². The fourth-order valence-electron chi connectivity index (χ4n) is 2.85. The van der Waals surface area contributed by atoms with Crippen LogP contribution in [0.1, 0.15) is 43.0 Å². The van der Waals surface area contributed by atoms with E-state index in [0.717, 1.165) is 25.7 Å². The molecule has 0 saturated heterocycles. The van der Waals surface area contributed by atoms with E-state index in [0.29, 0.717) is 10.9 Å². The molecule has 1 aromatic carbocycles. The van der Waals surface area contributed by atoms with Gasteiger partial charge in [-0.1, -0.05) is 30.1 Å². The SMILES string of the molecule is CC1CCC(NC(=O)CNC(=O)CNC(=O)c2ccc(Cl)cc2Cl)CC1. The lowest BCUT2D eigenvalue weighted by molar-refractivity contribution is -0.126. The van der Waals surface area contributed by atoms with Gasteiger partial charge in [-0.3, -0.25) is 14.4 Å². The van der Waals surface area contributed by atoms with Crippen molar-refractivity contribution in [3.8, 4) is 0 Å². The van der Waals surface area contributed by atoms with E-state index in [-0.39, 0.29) is 35.6 Å². The second-order valence-corrected chi connectivity index (χ2v) is 7.45. The second kappa shape index (κ2) is 9.78. The fourth-order valence-corrected chi connectivity index (χ4v) is 3.35. The minimum Gasteiger partial charge on any atom is -0.352 e. The van der Waals surface area contributed by atoms with Crippen molar-refractivity contribution in [3.05, 3.63) is 33.8 Å². The third-order valence-electron chi connectivity index (χ3n) is 4.41. The van der Waals surface area contributed by atoms with Gasteiger partial charge in [-0.15, -0.1) is 0 Å². The number of amides is 3. The Labute approximate surface area is 163 Å². The van der Waals surface area contributed by atoms with E-state index in [1.807, 2.05) is 0 Å². The Morgan fingerprint density at radius 2 is 1.65 bits per heavy atom. The van der Waals surface area contributed by atoms with Gasteiger partial charge < -0.3 is 16.0 Å². The molecule has 0 bridgehead atoms. The average Bonchev–Trinajstić information content (AvgIpc) is 2.60. The van der Waals surface area contributed by atoms with Crippen LogP contribution in [-0.4, -0.2) is 36.9 Å². The van der Waals surface area contributed by atoms with Crippen LogP contribution in [0.3, 0.4) is 0 Å². The zero-order valence-corrected chi connectivity index (χ0v) is 16.1. The molecule has 0 unspecified atom stereocenters. The third kappa shape index (κ3) is 6.50. The first-order valence-electron chi connectivity index (χ1n) is 8.64. The highest BCUT2D eigenvalue weighted by Gasteiger charge is 2.20. The summed E-state index contributed by atoms with van der Waals surface area (Å²) in [5.41, 5.74) is 0.230. The zero-order valence-electron chi connectivity index (χ0n) is 14.6. The number of carbonyl (C=O) groups is 3. The van der Waals surface area contributed by atoms with E-state index in [9.17, 15) is 14.4 Å². The van der Waals surface area contributed by atoms with Crippen molar-refractivity contribution in [2.75, 3.05) is 13.1 Å². The molecule has 1 aliphatic carbocycles. The summed E-state index contributed by atoms with van der Waals surface area (Å²) >= 11 is 11.7. The van der Waals surface area contributed by atoms with Crippen LogP contribution in [0.5, 0.6) is 0 Å². The van der Waals surface area contributed by atoms with Crippen molar-refractivity contribution in [2.24, 2.45) is 5.92 Å². The molecule has 6 nitrogen and oxygen atoms in total. The maximum absolute atomic E-state index is 12.0. The molecule has 8 heteroatoms. The second-order valence-electron chi connectivity index (χ2n) is 6.61. The summed E-state index contributed by atoms with van der Waals surface area (Å²) in [4.78, 5) is 35.7. The Morgan fingerprint density at radius 3 is 2.31 bits per heavy atom. The first kappa shape index (κ1) is 20.5. The normalized spacial score (nSPS) is 19.5. The summed E-state index contributed by atoms with van der Waals surface area (Å²) in [6.07, 6.45) is 4.16. The molecule has 1 aromatic rings. The van der Waals surface area contributed by atoms with Crippen molar-refractivity contribution in [2.45, 2.75) is 38.6 Å². The minimum atomic E-state index is -0.484. The molecule has 0 heterocycles. The molecule has 0 radical (unpaired) electrons. The van der Waals surface area contributed by atoms with Gasteiger partial charge in [0.15, 0.2) is 0 Å². The van der Waals surface area contributed by atoms with Crippen molar-refractivity contribution in [1.82, 2.24) is 16.0 Å². The Kier molecular flexibility index (Phi) is 7.72. The standard InChI is InChI=1S/C18H23Cl2N3O3/c1-11-2-5-13(6-3-11)23-17(25)10-21-16(24)9-22-18(26)14-7-4-12(19)8-15(14)20/h4,7-8,11,13H,2-3,5-6,9-10H2,1H3,(H,21,24)(H,22,26)(H,23,25). The molecule has 1 fully saturated rings. The Bertz CT molecular complexity index is 674. The van der Waals surface area contributed by atoms with Crippen molar-refractivity contribution >= 4 is 40.9 Å². The first-order valence-corrected chi connectivity index (χ1v) is 9.40. The van der Waals surface area contributed by atoms with Gasteiger partial charge >= 0.3 is 0 Å². The van der Waals surface area contributed by atoms with Gasteiger partial charge in [0.05, 0.1) is 23.7 Å². The van der Waals surface area contributed by atoms with Crippen LogP contribution in [0.15, 0.2) is 18.2 Å². The highest BCUT2D eigenvalue weighted by Crippen LogP contribution is 2.23. The summed E-state index contributed by atoms with van der Waals surface area (Å²) < 4.78 is 0. The highest BCUT2D eigenvalue weighted by molar-refractivity contribution is 6.36. The zero-order chi connectivity index (χ0) is 19.1. The molecule has 2 rings (SSSR count). The van der Waals surface area contributed by atoms with Gasteiger partial charge in [0, 0.05) is 11.1 Å². The molecule has 1 aliphatic rings. The van der Waals surface area contributed by atoms with Crippen LogP contribution >= 0.6 is 23.2 Å². The van der Waals surface area contributed by atoms with Crippen LogP contribution in [-0.2, 0) is 9.59 Å². The van der Waals surface area contributed by atoms with Crippen LogP contribution < -0.4 is 16.0 Å². The number of carbonyl (C=O) groups excluding carboxylic acids is 3. The quantitative estimate of drug-likeness (QED) is 0.686. The third-order valence-corrected chi connectivity index (χ3v) is 4.96. The Morgan fingerprint density at radius 1 is 1.00 bits per heavy atom. The molecule has 142 valence electrons. The summed E-state index contributed by atoms with van der Waals surface area (Å²) in [6, 6.07) is 4.66. The lowest BCUT2D eigenvalue weighted by Gasteiger charge is -2.26. The first-order chi connectivity index (χ1) is 12.3. The molecule has 1 saturated carbocycles. The number of hydrogen-bond donors (Lipinski definition) is 3. The molecule has 3 N–H and O–H groups in total. The van der Waals surface area contributed by atoms with E-state index in [1.165, 1.54) is 12.1 Å². The van der Waals surface area contributed by atoms with Gasteiger partial charge in [0.2, 0.25) is 11.8 Å². The Hall–Kier alpha value is -1.79. The van der Waals surface area contributed by atoms with Crippen molar-refractivity contribution in [3.63, 3.8) is 0 Å². The summed E-state index contributed by atoms with van der Waals surface area (Å²) in [5, 5.41) is 8.50. The monoisotopic (exact) mass is 399 g/mol. The lowest BCUT2D eigenvalue weighted by atomic mass is 9.87. The van der Waals surface area contributed by atoms with Crippen LogP contribution in [0.25, 0.3) is 0 Å². The van der Waals surface area contributed by atoms with Crippen LogP contribution in [0.4, 0.5) is 0 Å². The fraction of sp³-hybridized carbons (Fsp3) is 0.500. The van der Waals surface area contributed by atoms with Crippen molar-refractivity contribution < 1.29 is 14.4 Å². The Balaban J connectivity index is 1.68. The molecular weight excluding hydrogens is 377 g/mol. The number of nitrogens with one attached hydrogen (secondary N) is 3. The maximum atomic E-state index is 12.0. The van der Waals surface area contributed by atoms with E-state index in [1.54, 1.807) is 6.07 Å². The predicted molar refractivity (Wildman–Crippen MR) is 101 cm³/mol. The smallest absolute Gasteiger partial charge is 0.253 e. The van der Waals surface area contributed by atoms with Crippen LogP contribution in [0.2, 0.25) is 10.0 Å². The average molecular weight is 400 g/mol. The summed E-state index contributed by atoms with van der Waals surface area (Å²) in [7, 11) is 0. The largest absolute Gasteiger partial charge is 0.352 e. The van der Waals surface area contributed by atoms with E-state index in [2.05, 4.69) is 22.9 Å². The number of rotatable bonds is 6. The molecular formula is C18H23Cl2N3O3. The van der Waals surface area contributed by atoms with E-state index < -0.39 is 11.8 Å². The molecule has 0 spiro atoms. The van der Waals surface area contributed by atoms with Gasteiger partial charge in [-0.2, -0.15) is 0 Å². The number of hydrogen-bond acceptors (Lipinski definition) is 3. The molecule has 0 atom stereocenters. The number of halogens is 2. The van der Waals surface area contributed by atoms with Gasteiger partial charge in [0.25, 0.3) is 5.91 Å². The highest BCUT2D eigenvalue weighted by atomic mass is 35.5. The van der Waals surface area contributed by atoms with Gasteiger partial charge in [0.1, 0.15) is 0 Å². The van der Waals surface area contributed by atoms with E-state index in [4.69, 9.17) is 23.2 Å². The molecule has 26 heavy (non-hydrogen) atoms. The molecule has 0 aromatic heterocycles.